The van der Waals surface area contributed by atoms with Crippen molar-refractivity contribution in [3.8, 4) is 0 Å². The molecule has 0 radical (unpaired) electrons. The van der Waals surface area contributed by atoms with Crippen molar-refractivity contribution in [2.75, 3.05) is 7.05 Å². The van der Waals surface area contributed by atoms with Crippen LogP contribution in [0.2, 0.25) is 0 Å². The third-order valence-corrected chi connectivity index (χ3v) is 5.27. The van der Waals surface area contributed by atoms with E-state index in [2.05, 4.69) is 6.92 Å². The third kappa shape index (κ3) is 3.71. The second kappa shape index (κ2) is 6.74. The summed E-state index contributed by atoms with van der Waals surface area (Å²) in [6.07, 6.45) is 10.5. The summed E-state index contributed by atoms with van der Waals surface area (Å²) in [7, 11) is 2.00. The Kier molecular flexibility index (Phi) is 5.26. The summed E-state index contributed by atoms with van der Waals surface area (Å²) in [5, 5.41) is 0. The summed E-state index contributed by atoms with van der Waals surface area (Å²) in [6.45, 7) is 2.32. The molecule has 0 heterocycles. The van der Waals surface area contributed by atoms with E-state index in [1.807, 2.05) is 11.9 Å². The van der Waals surface area contributed by atoms with E-state index >= 15 is 0 Å². The van der Waals surface area contributed by atoms with Crippen LogP contribution in [0.3, 0.4) is 0 Å². The zero-order valence-corrected chi connectivity index (χ0v) is 12.6. The molecule has 3 heteroatoms. The molecule has 0 saturated heterocycles. The van der Waals surface area contributed by atoms with Gasteiger partial charge in [-0.2, -0.15) is 0 Å². The lowest BCUT2D eigenvalue weighted by Gasteiger charge is -2.36. The second-order valence-corrected chi connectivity index (χ2v) is 6.77. The van der Waals surface area contributed by atoms with Crippen LogP contribution in [-0.4, -0.2) is 29.9 Å². The Balaban J connectivity index is 1.93. The van der Waals surface area contributed by atoms with Gasteiger partial charge in [-0.15, -0.1) is 0 Å². The molecule has 2 aliphatic rings. The highest BCUT2D eigenvalue weighted by atomic mass is 16.2. The van der Waals surface area contributed by atoms with Gasteiger partial charge in [0.25, 0.3) is 0 Å². The molecule has 0 aromatic heterocycles. The standard InChI is InChI=1S/C16H30N2O/c1-12-8-10-13(11-9-12)18(2)16(19)14-6-4-3-5-7-15(14)17/h12-15H,3-11,17H2,1-2H3. The molecule has 0 aromatic carbocycles. The number of amides is 1. The van der Waals surface area contributed by atoms with Crippen molar-refractivity contribution in [1.29, 1.82) is 0 Å². The molecule has 2 rings (SSSR count). The maximum absolute atomic E-state index is 12.7. The Bertz CT molecular complexity index is 297. The zero-order valence-electron chi connectivity index (χ0n) is 12.6. The molecular formula is C16H30N2O. The number of hydrogen-bond donors (Lipinski definition) is 1. The smallest absolute Gasteiger partial charge is 0.227 e. The number of carbonyl (C=O) groups is 1. The first kappa shape index (κ1) is 14.8. The van der Waals surface area contributed by atoms with Crippen LogP contribution < -0.4 is 5.73 Å². The number of hydrogen-bond acceptors (Lipinski definition) is 2. The SMILES string of the molecule is CC1CCC(N(C)C(=O)C2CCCCCC2N)CC1. The second-order valence-electron chi connectivity index (χ2n) is 6.77. The quantitative estimate of drug-likeness (QED) is 0.781. The fourth-order valence-corrected chi connectivity index (χ4v) is 3.71. The highest BCUT2D eigenvalue weighted by Gasteiger charge is 2.32. The van der Waals surface area contributed by atoms with Gasteiger partial charge in [0.15, 0.2) is 0 Å². The minimum absolute atomic E-state index is 0.0758. The van der Waals surface area contributed by atoms with Crippen LogP contribution in [0.4, 0.5) is 0 Å². The lowest BCUT2D eigenvalue weighted by molar-refractivity contribution is -0.138. The summed E-state index contributed by atoms with van der Waals surface area (Å²) in [5.41, 5.74) is 6.22. The van der Waals surface area contributed by atoms with Gasteiger partial charge in [0.1, 0.15) is 0 Å². The predicted molar refractivity (Wildman–Crippen MR) is 78.7 cm³/mol. The monoisotopic (exact) mass is 266 g/mol. The first-order valence-corrected chi connectivity index (χ1v) is 8.12. The van der Waals surface area contributed by atoms with Crippen LogP contribution >= 0.6 is 0 Å². The van der Waals surface area contributed by atoms with E-state index in [0.717, 1.165) is 18.8 Å². The van der Waals surface area contributed by atoms with Crippen LogP contribution in [0.5, 0.6) is 0 Å². The maximum atomic E-state index is 12.7. The van der Waals surface area contributed by atoms with Gasteiger partial charge in [0.2, 0.25) is 5.91 Å². The van der Waals surface area contributed by atoms with Gasteiger partial charge in [-0.05, 0) is 44.4 Å². The molecule has 3 nitrogen and oxygen atoms in total. The van der Waals surface area contributed by atoms with Crippen molar-refractivity contribution in [3.05, 3.63) is 0 Å². The first-order chi connectivity index (χ1) is 9.09. The molecule has 2 unspecified atom stereocenters. The largest absolute Gasteiger partial charge is 0.342 e. The van der Waals surface area contributed by atoms with Gasteiger partial charge in [-0.25, -0.2) is 0 Å². The fourth-order valence-electron chi connectivity index (χ4n) is 3.71. The highest BCUT2D eigenvalue weighted by Crippen LogP contribution is 2.29. The van der Waals surface area contributed by atoms with Crippen molar-refractivity contribution in [1.82, 2.24) is 4.90 Å². The van der Waals surface area contributed by atoms with Gasteiger partial charge >= 0.3 is 0 Å². The van der Waals surface area contributed by atoms with Gasteiger partial charge in [-0.3, -0.25) is 4.79 Å². The first-order valence-electron chi connectivity index (χ1n) is 8.12. The molecular weight excluding hydrogens is 236 g/mol. The Morgan fingerprint density at radius 2 is 1.63 bits per heavy atom. The van der Waals surface area contributed by atoms with Crippen molar-refractivity contribution in [3.63, 3.8) is 0 Å². The topological polar surface area (TPSA) is 46.3 Å². The van der Waals surface area contributed by atoms with Crippen molar-refractivity contribution < 1.29 is 4.79 Å². The van der Waals surface area contributed by atoms with Gasteiger partial charge < -0.3 is 10.6 Å². The highest BCUT2D eigenvalue weighted by molar-refractivity contribution is 5.79. The predicted octanol–water partition coefficient (Wildman–Crippen LogP) is 2.93. The van der Waals surface area contributed by atoms with E-state index in [4.69, 9.17) is 5.73 Å². The van der Waals surface area contributed by atoms with E-state index < -0.39 is 0 Å². The Morgan fingerprint density at radius 3 is 2.32 bits per heavy atom. The van der Waals surface area contributed by atoms with Crippen LogP contribution in [-0.2, 0) is 4.79 Å². The van der Waals surface area contributed by atoms with E-state index in [1.54, 1.807) is 0 Å². The van der Waals surface area contributed by atoms with Gasteiger partial charge in [0.05, 0.1) is 5.92 Å². The molecule has 1 amide bonds. The Hall–Kier alpha value is -0.570. The van der Waals surface area contributed by atoms with Crippen molar-refractivity contribution in [2.45, 2.75) is 76.8 Å². The lowest BCUT2D eigenvalue weighted by atomic mass is 9.85. The van der Waals surface area contributed by atoms with Crippen LogP contribution in [0.15, 0.2) is 0 Å². The Morgan fingerprint density at radius 1 is 1.00 bits per heavy atom. The summed E-state index contributed by atoms with van der Waals surface area (Å²) in [6, 6.07) is 0.541. The molecule has 0 aliphatic heterocycles. The minimum Gasteiger partial charge on any atom is -0.342 e. The fraction of sp³-hybridized carbons (Fsp3) is 0.938. The van der Waals surface area contributed by atoms with Gasteiger partial charge in [0, 0.05) is 19.1 Å². The molecule has 2 fully saturated rings. The van der Waals surface area contributed by atoms with Gasteiger partial charge in [-0.1, -0.05) is 26.2 Å². The third-order valence-electron chi connectivity index (χ3n) is 5.27. The molecule has 0 bridgehead atoms. The molecule has 2 atom stereocenters. The van der Waals surface area contributed by atoms with Crippen molar-refractivity contribution >= 4 is 5.91 Å². The maximum Gasteiger partial charge on any atom is 0.227 e. The van der Waals surface area contributed by atoms with Crippen molar-refractivity contribution in [2.24, 2.45) is 17.6 Å². The average molecular weight is 266 g/mol. The summed E-state index contributed by atoms with van der Waals surface area (Å²) < 4.78 is 0. The zero-order chi connectivity index (χ0) is 13.8. The van der Waals surface area contributed by atoms with E-state index in [9.17, 15) is 4.79 Å². The van der Waals surface area contributed by atoms with Crippen LogP contribution in [0, 0.1) is 11.8 Å². The number of nitrogens with zero attached hydrogens (tertiary/aromatic N) is 1. The molecule has 2 N–H and O–H groups in total. The van der Waals surface area contributed by atoms with E-state index in [1.165, 1.54) is 44.9 Å². The molecule has 0 aromatic rings. The normalized spacial score (nSPS) is 36.6. The number of carbonyl (C=O) groups excluding carboxylic acids is 1. The molecule has 2 aliphatic carbocycles. The van der Waals surface area contributed by atoms with Crippen LogP contribution in [0.1, 0.15) is 64.7 Å². The minimum atomic E-state index is 0.0758. The Labute approximate surface area is 117 Å². The molecule has 19 heavy (non-hydrogen) atoms. The summed E-state index contributed by atoms with van der Waals surface area (Å²) in [5.74, 6) is 1.22. The molecule has 110 valence electrons. The summed E-state index contributed by atoms with van der Waals surface area (Å²) >= 11 is 0. The number of nitrogens with two attached hydrogens (primary N) is 1. The summed E-state index contributed by atoms with van der Waals surface area (Å²) in [4.78, 5) is 14.7. The molecule has 0 spiro atoms. The number of rotatable bonds is 2. The van der Waals surface area contributed by atoms with E-state index in [-0.39, 0.29) is 12.0 Å². The van der Waals surface area contributed by atoms with E-state index in [0.29, 0.717) is 11.9 Å². The molecule has 2 saturated carbocycles. The lowest BCUT2D eigenvalue weighted by Crippen LogP contribution is -2.47. The average Bonchev–Trinajstić information content (AvgIpc) is 2.63. The van der Waals surface area contributed by atoms with Crippen LogP contribution in [0.25, 0.3) is 0 Å².